The summed E-state index contributed by atoms with van der Waals surface area (Å²) in [6.07, 6.45) is -1.33. The third-order valence-corrected chi connectivity index (χ3v) is 11.4. The van der Waals surface area contributed by atoms with E-state index in [0.717, 1.165) is 17.5 Å². The molecule has 1 saturated heterocycles. The Balaban J connectivity index is 1.23. The third kappa shape index (κ3) is 6.05. The van der Waals surface area contributed by atoms with Crippen LogP contribution in [0.15, 0.2) is 34.1 Å². The first kappa shape index (κ1) is 35.4. The van der Waals surface area contributed by atoms with Gasteiger partial charge in [-0.3, -0.25) is 19.2 Å². The van der Waals surface area contributed by atoms with Crippen LogP contribution in [0.1, 0.15) is 42.2 Å². The SMILES string of the molecule is CCc1c(N2CCN(C(=O)c3c(OC)[nH]cc(F)c3=O)CC2)c(=O)c2sc(-c3ccnc(OC)c3)nc2n1CC(=O)NC12CC(C1)C(C(F)(F)F)C2. The molecule has 0 spiro atoms. The first-order chi connectivity index (χ1) is 24.8. The molecule has 8 rings (SSSR count). The van der Waals surface area contributed by atoms with Crippen LogP contribution in [0.5, 0.6) is 11.8 Å². The number of pyridine rings is 3. The average Bonchev–Trinajstić information content (AvgIpc) is 3.83. The molecular weight excluding hydrogens is 710 g/mol. The van der Waals surface area contributed by atoms with Crippen molar-refractivity contribution in [1.29, 1.82) is 0 Å². The van der Waals surface area contributed by atoms with Crippen molar-refractivity contribution in [3.8, 4) is 22.3 Å². The van der Waals surface area contributed by atoms with Crippen molar-refractivity contribution in [2.45, 2.75) is 50.9 Å². The zero-order valence-electron chi connectivity index (χ0n) is 28.4. The van der Waals surface area contributed by atoms with Gasteiger partial charge in [-0.25, -0.2) is 14.4 Å². The predicted octanol–water partition coefficient (Wildman–Crippen LogP) is 3.74. The molecule has 2 N–H and O–H groups in total. The maximum atomic E-state index is 14.4. The van der Waals surface area contributed by atoms with Crippen molar-refractivity contribution in [3.63, 3.8) is 0 Å². The Hall–Kier alpha value is -5.00. The average molecular weight is 746 g/mol. The van der Waals surface area contributed by atoms with Gasteiger partial charge in [0.15, 0.2) is 11.5 Å². The molecule has 4 fully saturated rings. The van der Waals surface area contributed by atoms with Gasteiger partial charge in [-0.05, 0) is 37.7 Å². The number of nitrogens with zero attached hydrogens (tertiary/aromatic N) is 5. The van der Waals surface area contributed by atoms with Crippen molar-refractivity contribution in [1.82, 2.24) is 29.7 Å². The van der Waals surface area contributed by atoms with Crippen LogP contribution in [0.2, 0.25) is 0 Å². The Morgan fingerprint density at radius 2 is 1.83 bits per heavy atom. The summed E-state index contributed by atoms with van der Waals surface area (Å²) in [5.41, 5.74) is -1.15. The lowest BCUT2D eigenvalue weighted by Crippen LogP contribution is -2.53. The highest BCUT2D eigenvalue weighted by atomic mass is 32.1. The second-order valence-electron chi connectivity index (χ2n) is 13.3. The highest BCUT2D eigenvalue weighted by Crippen LogP contribution is 2.60. The summed E-state index contributed by atoms with van der Waals surface area (Å²) in [6, 6.07) is 3.38. The number of alkyl halides is 3. The van der Waals surface area contributed by atoms with Gasteiger partial charge in [-0.15, -0.1) is 11.3 Å². The molecule has 1 atom stereocenters. The minimum atomic E-state index is -4.33. The molecule has 4 aliphatic rings. The Morgan fingerprint density at radius 1 is 1.10 bits per heavy atom. The number of anilines is 1. The molecule has 4 aromatic heterocycles. The van der Waals surface area contributed by atoms with Crippen molar-refractivity contribution < 1.29 is 36.6 Å². The fourth-order valence-electron chi connectivity index (χ4n) is 7.90. The quantitative estimate of drug-likeness (QED) is 0.244. The van der Waals surface area contributed by atoms with E-state index < -0.39 is 52.2 Å². The number of piperazine rings is 1. The number of halogens is 4. The molecule has 18 heteroatoms. The lowest BCUT2D eigenvalue weighted by Gasteiger charge is -2.39. The summed E-state index contributed by atoms with van der Waals surface area (Å²) in [5.74, 6) is -4.15. The highest BCUT2D eigenvalue weighted by Gasteiger charge is 2.64. The number of fused-ring (bicyclic) bond motifs is 2. The van der Waals surface area contributed by atoms with Gasteiger partial charge in [0.1, 0.15) is 27.5 Å². The minimum absolute atomic E-state index is 0.0772. The van der Waals surface area contributed by atoms with Gasteiger partial charge in [-0.2, -0.15) is 13.2 Å². The number of aromatic amines is 1. The monoisotopic (exact) mass is 745 g/mol. The van der Waals surface area contributed by atoms with Gasteiger partial charge in [0.2, 0.25) is 28.5 Å². The van der Waals surface area contributed by atoms with Crippen molar-refractivity contribution >= 4 is 39.2 Å². The maximum Gasteiger partial charge on any atom is 0.392 e. The fourth-order valence-corrected chi connectivity index (χ4v) is 8.91. The molecule has 3 saturated carbocycles. The topological polar surface area (TPSA) is 152 Å². The molecule has 5 heterocycles. The first-order valence-corrected chi connectivity index (χ1v) is 17.5. The van der Waals surface area contributed by atoms with Gasteiger partial charge in [-0.1, -0.05) is 6.92 Å². The van der Waals surface area contributed by atoms with E-state index in [9.17, 15) is 36.7 Å². The summed E-state index contributed by atoms with van der Waals surface area (Å²) in [6.45, 7) is 2.01. The molecule has 2 bridgehead atoms. The minimum Gasteiger partial charge on any atom is -0.482 e. The predicted molar refractivity (Wildman–Crippen MR) is 182 cm³/mol. The zero-order valence-corrected chi connectivity index (χ0v) is 29.3. The van der Waals surface area contributed by atoms with Crippen molar-refractivity contribution in [2.24, 2.45) is 11.8 Å². The van der Waals surface area contributed by atoms with Crippen molar-refractivity contribution in [3.05, 3.63) is 62.0 Å². The number of thiazole rings is 1. The van der Waals surface area contributed by atoms with Crippen LogP contribution < -0.4 is 30.5 Å². The van der Waals surface area contributed by atoms with Gasteiger partial charge in [0.25, 0.3) is 5.91 Å². The zero-order chi connectivity index (χ0) is 37.1. The summed E-state index contributed by atoms with van der Waals surface area (Å²) in [5, 5.41) is 3.36. The van der Waals surface area contributed by atoms with E-state index in [1.165, 1.54) is 25.3 Å². The Kier molecular flexibility index (Phi) is 8.99. The number of H-pyrrole nitrogens is 1. The van der Waals surface area contributed by atoms with Crippen LogP contribution in [0.25, 0.3) is 20.9 Å². The molecule has 13 nitrogen and oxygen atoms in total. The highest BCUT2D eigenvalue weighted by molar-refractivity contribution is 7.21. The number of hydrogen-bond acceptors (Lipinski definition) is 10. The summed E-state index contributed by atoms with van der Waals surface area (Å²) in [4.78, 5) is 68.6. The molecule has 2 amide bonds. The number of carbonyl (C=O) groups excluding carboxylic acids is 2. The van der Waals surface area contributed by atoms with E-state index >= 15 is 0 Å². The number of rotatable bonds is 9. The molecule has 52 heavy (non-hydrogen) atoms. The van der Waals surface area contributed by atoms with Crippen LogP contribution in [0.4, 0.5) is 23.2 Å². The largest absolute Gasteiger partial charge is 0.482 e. The Morgan fingerprint density at radius 3 is 2.46 bits per heavy atom. The van der Waals surface area contributed by atoms with Crippen LogP contribution in [0, 0.1) is 17.7 Å². The fraction of sp³-hybridized carbons (Fsp3) is 0.471. The lowest BCUT2D eigenvalue weighted by molar-refractivity contribution is -0.180. The van der Waals surface area contributed by atoms with E-state index in [2.05, 4.69) is 15.3 Å². The molecule has 0 radical (unpaired) electrons. The van der Waals surface area contributed by atoms with Crippen LogP contribution in [-0.2, 0) is 17.8 Å². The van der Waals surface area contributed by atoms with E-state index in [1.54, 1.807) is 21.6 Å². The van der Waals surface area contributed by atoms with Gasteiger partial charge in [0, 0.05) is 61.4 Å². The van der Waals surface area contributed by atoms with Gasteiger partial charge >= 0.3 is 6.18 Å². The normalized spacial score (nSPS) is 21.3. The Bertz CT molecular complexity index is 2190. The van der Waals surface area contributed by atoms with Crippen LogP contribution >= 0.6 is 11.3 Å². The van der Waals surface area contributed by atoms with Gasteiger partial charge in [0.05, 0.1) is 20.1 Å². The summed E-state index contributed by atoms with van der Waals surface area (Å²) < 4.78 is 67.3. The third-order valence-electron chi connectivity index (χ3n) is 10.3. The van der Waals surface area contributed by atoms with Crippen LogP contribution in [0.3, 0.4) is 0 Å². The maximum absolute atomic E-state index is 14.4. The summed E-state index contributed by atoms with van der Waals surface area (Å²) in [7, 11) is 2.72. The molecule has 1 unspecified atom stereocenters. The standard InChI is InChI=1S/C34H35F4N7O6S/c1-4-21-25(43-7-9-44(10-8-43)32(49)24-26(47)20(35)15-40-30(24)51-3)27(48)28-29(41-31(52-28)17-5-6-39-23(11-17)50-2)45(21)16-22(46)42-33-12-18(13-33)19(14-33)34(36,37)38/h5-6,11,15,18-19H,4,7-10,12-14,16H2,1-3H3,(H,40,47)(H,42,46). The molecular formula is C34H35F4N7O6S. The first-order valence-electron chi connectivity index (χ1n) is 16.7. The molecule has 1 aliphatic heterocycles. The number of nitrogens with one attached hydrogen (secondary N) is 2. The molecule has 4 aromatic rings. The number of amides is 2. The number of aromatic nitrogens is 4. The van der Waals surface area contributed by atoms with Crippen molar-refractivity contribution in [2.75, 3.05) is 45.3 Å². The van der Waals surface area contributed by atoms with E-state index in [4.69, 9.17) is 14.5 Å². The number of ether oxygens (including phenoxy) is 2. The lowest BCUT2D eigenvalue weighted by atomic mass is 9.76. The summed E-state index contributed by atoms with van der Waals surface area (Å²) >= 11 is 1.12. The Labute approximate surface area is 297 Å². The molecule has 0 aromatic carbocycles. The van der Waals surface area contributed by atoms with Gasteiger partial charge < -0.3 is 34.1 Å². The van der Waals surface area contributed by atoms with E-state index in [1.807, 2.05) is 6.92 Å². The second kappa shape index (κ2) is 13.2. The number of carbonyl (C=O) groups is 2. The number of hydrogen-bond donors (Lipinski definition) is 2. The van der Waals surface area contributed by atoms with Crippen LogP contribution in [-0.4, -0.2) is 88.3 Å². The molecule has 276 valence electrons. The van der Waals surface area contributed by atoms with E-state index in [0.29, 0.717) is 34.3 Å². The number of methoxy groups -OCH3 is 2. The molecule has 3 aliphatic carbocycles. The second-order valence-corrected chi connectivity index (χ2v) is 14.3. The van der Waals surface area contributed by atoms with E-state index in [-0.39, 0.29) is 73.6 Å². The smallest absolute Gasteiger partial charge is 0.392 e.